The summed E-state index contributed by atoms with van der Waals surface area (Å²) in [6.07, 6.45) is 2.06. The van der Waals surface area contributed by atoms with E-state index in [1.807, 2.05) is 11.8 Å². The number of nitrogens with zero attached hydrogens (tertiary/aromatic N) is 1. The van der Waals surface area contributed by atoms with Gasteiger partial charge in [-0.25, -0.2) is 0 Å². The Hall–Kier alpha value is 0.0700. The third-order valence-corrected chi connectivity index (χ3v) is 3.95. The van der Waals surface area contributed by atoms with E-state index in [2.05, 4.69) is 10.2 Å². The fourth-order valence-corrected chi connectivity index (χ4v) is 3.01. The molecule has 1 amide bonds. The third kappa shape index (κ3) is 3.54. The number of piperidine rings is 1. The van der Waals surface area contributed by atoms with Gasteiger partial charge in [-0.15, -0.1) is 12.4 Å². The van der Waals surface area contributed by atoms with Gasteiger partial charge in [-0.3, -0.25) is 4.79 Å². The maximum Gasteiger partial charge on any atom is 0.225 e. The molecule has 0 unspecified atom stereocenters. The average Bonchev–Trinajstić information content (AvgIpc) is 2.30. The van der Waals surface area contributed by atoms with Crippen molar-refractivity contribution in [3.05, 3.63) is 0 Å². The Balaban J connectivity index is 0.00000112. The van der Waals surface area contributed by atoms with Crippen LogP contribution in [0.15, 0.2) is 0 Å². The largest absolute Gasteiger partial charge is 0.341 e. The van der Waals surface area contributed by atoms with Crippen molar-refractivity contribution in [2.45, 2.75) is 12.8 Å². The van der Waals surface area contributed by atoms with Crippen molar-refractivity contribution in [2.75, 3.05) is 37.7 Å². The molecule has 0 aromatic carbocycles. The second-order valence-electron chi connectivity index (χ2n) is 3.96. The molecule has 0 bridgehead atoms. The molecule has 2 fully saturated rings. The normalized spacial score (nSPS) is 23.3. The standard InChI is InChI=1S/C10H18N2OS.ClH/c13-10(9-1-3-11-4-2-9)12-5-7-14-8-6-12;/h9,11H,1-8H2;1H. The lowest BCUT2D eigenvalue weighted by Gasteiger charge is -2.31. The first kappa shape index (κ1) is 13.1. The van der Waals surface area contributed by atoms with Gasteiger partial charge in [-0.05, 0) is 25.9 Å². The number of halogens is 1. The highest BCUT2D eigenvalue weighted by atomic mass is 35.5. The number of hydrogen-bond donors (Lipinski definition) is 1. The molecule has 3 nitrogen and oxygen atoms in total. The first-order valence-electron chi connectivity index (χ1n) is 5.45. The maximum atomic E-state index is 12.0. The fraction of sp³-hybridized carbons (Fsp3) is 0.900. The molecule has 2 saturated heterocycles. The maximum absolute atomic E-state index is 12.0. The van der Waals surface area contributed by atoms with Gasteiger partial charge in [0.05, 0.1) is 0 Å². The van der Waals surface area contributed by atoms with Crippen LogP contribution in [0.5, 0.6) is 0 Å². The smallest absolute Gasteiger partial charge is 0.225 e. The van der Waals surface area contributed by atoms with E-state index >= 15 is 0 Å². The van der Waals surface area contributed by atoms with E-state index in [0.29, 0.717) is 11.8 Å². The Morgan fingerprint density at radius 3 is 2.40 bits per heavy atom. The fourth-order valence-electron chi connectivity index (χ4n) is 2.11. The van der Waals surface area contributed by atoms with E-state index in [0.717, 1.165) is 50.5 Å². The van der Waals surface area contributed by atoms with Crippen molar-refractivity contribution in [1.29, 1.82) is 0 Å². The molecular weight excluding hydrogens is 232 g/mol. The van der Waals surface area contributed by atoms with Crippen LogP contribution in [-0.4, -0.2) is 48.5 Å². The molecule has 0 atom stereocenters. The molecule has 0 aliphatic carbocycles. The lowest BCUT2D eigenvalue weighted by atomic mass is 9.96. The average molecular weight is 251 g/mol. The lowest BCUT2D eigenvalue weighted by Crippen LogP contribution is -2.44. The van der Waals surface area contributed by atoms with Crippen LogP contribution < -0.4 is 5.32 Å². The predicted octanol–water partition coefficient (Wildman–Crippen LogP) is 0.983. The van der Waals surface area contributed by atoms with Gasteiger partial charge in [0.2, 0.25) is 5.91 Å². The van der Waals surface area contributed by atoms with Gasteiger partial charge in [-0.2, -0.15) is 11.8 Å². The van der Waals surface area contributed by atoms with Crippen molar-refractivity contribution < 1.29 is 4.79 Å². The Morgan fingerprint density at radius 2 is 1.80 bits per heavy atom. The van der Waals surface area contributed by atoms with Crippen molar-refractivity contribution >= 4 is 30.1 Å². The van der Waals surface area contributed by atoms with Crippen LogP contribution >= 0.6 is 24.2 Å². The van der Waals surface area contributed by atoms with Crippen molar-refractivity contribution in [3.63, 3.8) is 0 Å². The lowest BCUT2D eigenvalue weighted by molar-refractivity contribution is -0.135. The van der Waals surface area contributed by atoms with E-state index in [1.165, 1.54) is 0 Å². The van der Waals surface area contributed by atoms with Gasteiger partial charge in [-0.1, -0.05) is 0 Å². The first-order valence-corrected chi connectivity index (χ1v) is 6.60. The van der Waals surface area contributed by atoms with Crippen LogP contribution in [0.4, 0.5) is 0 Å². The van der Waals surface area contributed by atoms with Crippen LogP contribution in [0.25, 0.3) is 0 Å². The quantitative estimate of drug-likeness (QED) is 0.753. The summed E-state index contributed by atoms with van der Waals surface area (Å²) in [5, 5.41) is 3.30. The highest BCUT2D eigenvalue weighted by Crippen LogP contribution is 2.18. The van der Waals surface area contributed by atoms with Crippen LogP contribution in [0.3, 0.4) is 0 Å². The number of carbonyl (C=O) groups excluding carboxylic acids is 1. The van der Waals surface area contributed by atoms with E-state index in [4.69, 9.17) is 0 Å². The summed E-state index contributed by atoms with van der Waals surface area (Å²) in [6.45, 7) is 3.96. The number of carbonyl (C=O) groups is 1. The molecule has 5 heteroatoms. The van der Waals surface area contributed by atoms with Crippen LogP contribution in [0.1, 0.15) is 12.8 Å². The molecule has 15 heavy (non-hydrogen) atoms. The summed E-state index contributed by atoms with van der Waals surface area (Å²) >= 11 is 1.96. The second-order valence-corrected chi connectivity index (χ2v) is 5.19. The summed E-state index contributed by atoms with van der Waals surface area (Å²) in [5.74, 6) is 2.96. The zero-order valence-corrected chi connectivity index (χ0v) is 10.5. The molecule has 2 heterocycles. The Kier molecular flexibility index (Phi) is 5.79. The highest BCUT2D eigenvalue weighted by molar-refractivity contribution is 7.99. The van der Waals surface area contributed by atoms with Gasteiger partial charge < -0.3 is 10.2 Å². The molecule has 0 spiro atoms. The predicted molar refractivity (Wildman–Crippen MR) is 66.7 cm³/mol. The SMILES string of the molecule is Cl.O=C(C1CCNCC1)N1CCSCC1. The summed E-state index contributed by atoms with van der Waals surface area (Å²) in [4.78, 5) is 14.1. The van der Waals surface area contributed by atoms with Gasteiger partial charge >= 0.3 is 0 Å². The molecule has 0 saturated carbocycles. The van der Waals surface area contributed by atoms with E-state index in [9.17, 15) is 4.79 Å². The number of amides is 1. The topological polar surface area (TPSA) is 32.3 Å². The highest BCUT2D eigenvalue weighted by Gasteiger charge is 2.26. The molecule has 0 aromatic rings. The summed E-state index contributed by atoms with van der Waals surface area (Å²) in [7, 11) is 0. The number of nitrogens with one attached hydrogen (secondary N) is 1. The van der Waals surface area contributed by atoms with Crippen LogP contribution in [0, 0.1) is 5.92 Å². The molecule has 2 aliphatic rings. The summed E-state index contributed by atoms with van der Waals surface area (Å²) < 4.78 is 0. The zero-order chi connectivity index (χ0) is 9.80. The summed E-state index contributed by atoms with van der Waals surface area (Å²) in [6, 6.07) is 0. The van der Waals surface area contributed by atoms with Gasteiger partial charge in [0.1, 0.15) is 0 Å². The molecule has 0 aromatic heterocycles. The van der Waals surface area contributed by atoms with E-state index in [1.54, 1.807) is 0 Å². The number of hydrogen-bond acceptors (Lipinski definition) is 3. The second kappa shape index (κ2) is 6.61. The van der Waals surface area contributed by atoms with Crippen molar-refractivity contribution in [2.24, 2.45) is 5.92 Å². The third-order valence-electron chi connectivity index (χ3n) is 3.01. The Labute approximate surface area is 102 Å². The molecular formula is C10H19ClN2OS. The Bertz CT molecular complexity index is 184. The van der Waals surface area contributed by atoms with Gasteiger partial charge in [0, 0.05) is 30.5 Å². The monoisotopic (exact) mass is 250 g/mol. The van der Waals surface area contributed by atoms with E-state index < -0.39 is 0 Å². The Morgan fingerprint density at radius 1 is 1.20 bits per heavy atom. The van der Waals surface area contributed by atoms with Crippen LogP contribution in [0.2, 0.25) is 0 Å². The number of rotatable bonds is 1. The minimum atomic E-state index is 0. The zero-order valence-electron chi connectivity index (χ0n) is 8.91. The molecule has 1 N–H and O–H groups in total. The van der Waals surface area contributed by atoms with Crippen LogP contribution in [-0.2, 0) is 4.79 Å². The van der Waals surface area contributed by atoms with Gasteiger partial charge in [0.25, 0.3) is 0 Å². The molecule has 2 aliphatic heterocycles. The number of thioether (sulfide) groups is 1. The van der Waals surface area contributed by atoms with Gasteiger partial charge in [0.15, 0.2) is 0 Å². The van der Waals surface area contributed by atoms with E-state index in [-0.39, 0.29) is 12.4 Å². The van der Waals surface area contributed by atoms with Crippen molar-refractivity contribution in [3.8, 4) is 0 Å². The molecule has 88 valence electrons. The molecule has 0 radical (unpaired) electrons. The molecule has 2 rings (SSSR count). The minimum Gasteiger partial charge on any atom is -0.341 e. The summed E-state index contributed by atoms with van der Waals surface area (Å²) in [5.41, 5.74) is 0. The minimum absolute atomic E-state index is 0. The van der Waals surface area contributed by atoms with Crippen molar-refractivity contribution in [1.82, 2.24) is 10.2 Å². The first-order chi connectivity index (χ1) is 6.88.